The average molecular weight is 296 g/mol. The number of benzene rings is 1. The summed E-state index contributed by atoms with van der Waals surface area (Å²) in [4.78, 5) is 5.71. The van der Waals surface area contributed by atoms with Gasteiger partial charge in [-0.25, -0.2) is 4.98 Å². The summed E-state index contributed by atoms with van der Waals surface area (Å²) in [7, 11) is 0. The van der Waals surface area contributed by atoms with Crippen LogP contribution < -0.4 is 0 Å². The maximum absolute atomic E-state index is 8.73. The molecule has 0 saturated heterocycles. The van der Waals surface area contributed by atoms with Gasteiger partial charge >= 0.3 is 0 Å². The first kappa shape index (κ1) is 13.9. The Morgan fingerprint density at radius 2 is 2.05 bits per heavy atom. The minimum atomic E-state index is -0.101. The van der Waals surface area contributed by atoms with Gasteiger partial charge in [-0.05, 0) is 43.2 Å². The van der Waals surface area contributed by atoms with Gasteiger partial charge in [0.1, 0.15) is 6.61 Å². The monoisotopic (exact) mass is 296 g/mol. The van der Waals surface area contributed by atoms with E-state index in [1.165, 1.54) is 16.0 Å². The maximum atomic E-state index is 8.73. The Morgan fingerprint density at radius 1 is 1.24 bits per heavy atom. The normalized spacial score (nSPS) is 10.6. The van der Waals surface area contributed by atoms with Crippen LogP contribution in [0.15, 0.2) is 29.9 Å². The van der Waals surface area contributed by atoms with Crippen LogP contribution in [0.3, 0.4) is 0 Å². The topological polar surface area (TPSA) is 38.0 Å². The molecule has 3 rings (SSSR count). The van der Waals surface area contributed by atoms with Gasteiger partial charge in [-0.2, -0.15) is 0 Å². The molecule has 0 fully saturated rings. The Balaban J connectivity index is 1.91. The molecule has 2 aromatic heterocycles. The van der Waals surface area contributed by atoms with Crippen molar-refractivity contribution in [2.75, 3.05) is 6.61 Å². The van der Waals surface area contributed by atoms with E-state index in [-0.39, 0.29) is 6.61 Å². The number of fused-ring (bicyclic) bond motifs is 1. The van der Waals surface area contributed by atoms with E-state index in [2.05, 4.69) is 53.4 Å². The van der Waals surface area contributed by atoms with Crippen LogP contribution in [-0.4, -0.2) is 21.3 Å². The molecule has 2 heterocycles. The van der Waals surface area contributed by atoms with Gasteiger partial charge in [-0.3, -0.25) is 0 Å². The Morgan fingerprint density at radius 3 is 2.86 bits per heavy atom. The third kappa shape index (κ3) is 2.85. The second-order valence-corrected chi connectivity index (χ2v) is 6.06. The van der Waals surface area contributed by atoms with Gasteiger partial charge in [0.05, 0.1) is 23.9 Å². The molecule has 0 bridgehead atoms. The van der Waals surface area contributed by atoms with E-state index in [0.717, 1.165) is 23.1 Å². The van der Waals surface area contributed by atoms with Gasteiger partial charge in [0.15, 0.2) is 0 Å². The lowest BCUT2D eigenvalue weighted by atomic mass is 10.1. The largest absolute Gasteiger partial charge is 0.384 e. The maximum Gasteiger partial charge on any atom is 0.104 e. The van der Waals surface area contributed by atoms with Crippen LogP contribution in [0.4, 0.5) is 0 Å². The van der Waals surface area contributed by atoms with Crippen molar-refractivity contribution < 1.29 is 5.11 Å². The lowest BCUT2D eigenvalue weighted by Gasteiger charge is -2.04. The van der Waals surface area contributed by atoms with Crippen molar-refractivity contribution in [3.05, 3.63) is 51.5 Å². The first-order valence-electron chi connectivity index (χ1n) is 6.76. The molecule has 21 heavy (non-hydrogen) atoms. The van der Waals surface area contributed by atoms with Gasteiger partial charge in [0.2, 0.25) is 0 Å². The Labute approximate surface area is 127 Å². The number of hydrogen-bond acceptors (Lipinski definition) is 3. The second-order valence-electron chi connectivity index (χ2n) is 5.06. The van der Waals surface area contributed by atoms with E-state index in [1.807, 2.05) is 11.7 Å². The summed E-state index contributed by atoms with van der Waals surface area (Å²) in [5.41, 5.74) is 5.71. The third-order valence-electron chi connectivity index (χ3n) is 3.53. The van der Waals surface area contributed by atoms with Crippen LogP contribution in [0.2, 0.25) is 0 Å². The Bertz CT molecular complexity index is 849. The highest BCUT2D eigenvalue weighted by Gasteiger charge is 2.06. The number of aliphatic hydroxyl groups is 1. The zero-order valence-corrected chi connectivity index (χ0v) is 12.9. The van der Waals surface area contributed by atoms with Crippen LogP contribution in [0, 0.1) is 25.7 Å². The number of imidazole rings is 1. The summed E-state index contributed by atoms with van der Waals surface area (Å²) in [5, 5.41) is 10.7. The first-order valence-corrected chi connectivity index (χ1v) is 7.64. The summed E-state index contributed by atoms with van der Waals surface area (Å²) in [6.07, 6.45) is 1.89. The molecule has 1 aromatic carbocycles. The molecule has 106 valence electrons. The lowest BCUT2D eigenvalue weighted by Crippen LogP contribution is -1.96. The van der Waals surface area contributed by atoms with Crippen molar-refractivity contribution in [2.45, 2.75) is 20.4 Å². The van der Waals surface area contributed by atoms with E-state index in [1.54, 1.807) is 11.3 Å². The fraction of sp³-hybridized carbons (Fsp3) is 0.235. The fourth-order valence-electron chi connectivity index (χ4n) is 2.28. The quantitative estimate of drug-likeness (QED) is 0.738. The predicted octanol–water partition coefficient (Wildman–Crippen LogP) is 3.11. The Kier molecular flexibility index (Phi) is 3.78. The summed E-state index contributed by atoms with van der Waals surface area (Å²) < 4.78 is 2.16. The molecule has 4 heteroatoms. The zero-order valence-electron chi connectivity index (χ0n) is 12.1. The van der Waals surface area contributed by atoms with E-state index in [4.69, 9.17) is 5.11 Å². The van der Waals surface area contributed by atoms with Crippen LogP contribution >= 0.6 is 11.3 Å². The lowest BCUT2D eigenvalue weighted by molar-refractivity contribution is 0.350. The molecule has 3 nitrogen and oxygen atoms in total. The molecular weight excluding hydrogens is 280 g/mol. The van der Waals surface area contributed by atoms with E-state index in [0.29, 0.717) is 0 Å². The van der Waals surface area contributed by atoms with Crippen molar-refractivity contribution in [3.63, 3.8) is 0 Å². The van der Waals surface area contributed by atoms with Crippen LogP contribution in [0.1, 0.15) is 21.6 Å². The van der Waals surface area contributed by atoms with Crippen LogP contribution in [-0.2, 0) is 6.54 Å². The molecule has 0 aliphatic heterocycles. The molecule has 0 saturated carbocycles. The number of nitrogens with zero attached hydrogens (tertiary/aromatic N) is 2. The molecule has 3 aromatic rings. The minimum absolute atomic E-state index is 0.101. The van der Waals surface area contributed by atoms with Crippen LogP contribution in [0.5, 0.6) is 0 Å². The number of rotatable bonds is 2. The van der Waals surface area contributed by atoms with Crippen LogP contribution in [0.25, 0.3) is 11.0 Å². The molecule has 0 amide bonds. The van der Waals surface area contributed by atoms with Gasteiger partial charge in [-0.1, -0.05) is 11.8 Å². The minimum Gasteiger partial charge on any atom is -0.384 e. The van der Waals surface area contributed by atoms with Gasteiger partial charge < -0.3 is 9.67 Å². The SMILES string of the molecule is Cc1cc2ncn(Cc3cc(C#CCO)cs3)c2cc1C. The number of aryl methyl sites for hydroxylation is 2. The Hall–Kier alpha value is -2.09. The van der Waals surface area contributed by atoms with Crippen molar-refractivity contribution in [3.8, 4) is 11.8 Å². The zero-order chi connectivity index (χ0) is 14.8. The molecule has 1 N–H and O–H groups in total. The van der Waals surface area contributed by atoms with Crippen molar-refractivity contribution in [2.24, 2.45) is 0 Å². The standard InChI is InChI=1S/C17H16N2OS/c1-12-6-16-17(7-13(12)2)19(11-18-16)9-15-8-14(10-21-15)4-3-5-20/h6-8,10-11,20H,5,9H2,1-2H3. The molecule has 0 atom stereocenters. The number of hydrogen-bond donors (Lipinski definition) is 1. The van der Waals surface area contributed by atoms with Gasteiger partial charge in [0, 0.05) is 15.8 Å². The highest BCUT2D eigenvalue weighted by Crippen LogP contribution is 2.21. The molecule has 0 radical (unpaired) electrons. The molecular formula is C17H16N2OS. The predicted molar refractivity (Wildman–Crippen MR) is 86.6 cm³/mol. The molecule has 0 aliphatic carbocycles. The van der Waals surface area contributed by atoms with Gasteiger partial charge in [-0.15, -0.1) is 11.3 Å². The fourth-order valence-corrected chi connectivity index (χ4v) is 3.09. The molecule has 0 spiro atoms. The summed E-state index contributed by atoms with van der Waals surface area (Å²) >= 11 is 1.68. The first-order chi connectivity index (χ1) is 10.2. The highest BCUT2D eigenvalue weighted by molar-refractivity contribution is 7.10. The van der Waals surface area contributed by atoms with E-state index >= 15 is 0 Å². The summed E-state index contributed by atoms with van der Waals surface area (Å²) in [6, 6.07) is 6.39. The molecule has 0 unspecified atom stereocenters. The smallest absolute Gasteiger partial charge is 0.104 e. The summed E-state index contributed by atoms with van der Waals surface area (Å²) in [6.45, 7) is 4.93. The second kappa shape index (κ2) is 5.72. The number of aliphatic hydroxyl groups excluding tert-OH is 1. The number of aromatic nitrogens is 2. The van der Waals surface area contributed by atoms with Gasteiger partial charge in [0.25, 0.3) is 0 Å². The number of thiophene rings is 1. The van der Waals surface area contributed by atoms with Crippen molar-refractivity contribution in [1.82, 2.24) is 9.55 Å². The highest BCUT2D eigenvalue weighted by atomic mass is 32.1. The summed E-state index contributed by atoms with van der Waals surface area (Å²) in [5.74, 6) is 5.61. The van der Waals surface area contributed by atoms with Crippen molar-refractivity contribution >= 4 is 22.4 Å². The van der Waals surface area contributed by atoms with E-state index in [9.17, 15) is 0 Å². The van der Waals surface area contributed by atoms with Crippen molar-refractivity contribution in [1.29, 1.82) is 0 Å². The average Bonchev–Trinajstić information content (AvgIpc) is 3.06. The van der Waals surface area contributed by atoms with E-state index < -0.39 is 0 Å². The third-order valence-corrected chi connectivity index (χ3v) is 4.45. The molecule has 0 aliphatic rings.